The van der Waals surface area contributed by atoms with Crippen LogP contribution in [0.1, 0.15) is 58.7 Å². The van der Waals surface area contributed by atoms with Gasteiger partial charge in [0.1, 0.15) is 5.82 Å². The van der Waals surface area contributed by atoms with Gasteiger partial charge < -0.3 is 10.2 Å². The third kappa shape index (κ3) is 3.94. The lowest BCUT2D eigenvalue weighted by Gasteiger charge is -2.24. The molecule has 0 bridgehead atoms. The van der Waals surface area contributed by atoms with E-state index in [4.69, 9.17) is 0 Å². The van der Waals surface area contributed by atoms with Crippen LogP contribution in [0.3, 0.4) is 0 Å². The van der Waals surface area contributed by atoms with Crippen molar-refractivity contribution in [1.29, 1.82) is 0 Å². The van der Waals surface area contributed by atoms with Crippen molar-refractivity contribution in [1.82, 2.24) is 14.7 Å². The SMILES string of the molecule is CCCN(CCC)C(=O)C(=O)Nc1c2c(nn1C(C)(C)C)CSC2. The zero-order valence-electron chi connectivity index (χ0n) is 15.3. The van der Waals surface area contributed by atoms with E-state index in [-0.39, 0.29) is 5.54 Å². The molecule has 0 aromatic carbocycles. The standard InChI is InChI=1S/C17H28N4O2S/c1-6-8-20(9-7-2)16(23)15(22)18-14-12-10-24-11-13(12)19-21(14)17(3,4)5/h6-11H2,1-5H3,(H,18,22). The van der Waals surface area contributed by atoms with E-state index >= 15 is 0 Å². The largest absolute Gasteiger partial charge is 0.334 e. The molecule has 1 aliphatic rings. The molecule has 134 valence electrons. The summed E-state index contributed by atoms with van der Waals surface area (Å²) in [7, 11) is 0. The maximum atomic E-state index is 12.5. The van der Waals surface area contributed by atoms with E-state index in [0.717, 1.165) is 35.6 Å². The summed E-state index contributed by atoms with van der Waals surface area (Å²) in [5.41, 5.74) is 1.80. The van der Waals surface area contributed by atoms with Crippen molar-refractivity contribution in [3.05, 3.63) is 11.3 Å². The number of amides is 2. The quantitative estimate of drug-likeness (QED) is 0.827. The summed E-state index contributed by atoms with van der Waals surface area (Å²) < 4.78 is 1.84. The lowest BCUT2D eigenvalue weighted by molar-refractivity contribution is -0.143. The third-order valence-electron chi connectivity index (χ3n) is 3.89. The van der Waals surface area contributed by atoms with Gasteiger partial charge in [0.2, 0.25) is 0 Å². The molecular weight excluding hydrogens is 324 g/mol. The zero-order chi connectivity index (χ0) is 17.9. The number of carbonyl (C=O) groups is 2. The number of anilines is 1. The first-order chi connectivity index (χ1) is 11.3. The molecule has 0 unspecified atom stereocenters. The Labute approximate surface area is 148 Å². The summed E-state index contributed by atoms with van der Waals surface area (Å²) in [6.45, 7) is 11.3. The lowest BCUT2D eigenvalue weighted by Crippen LogP contribution is -2.41. The summed E-state index contributed by atoms with van der Waals surface area (Å²) in [4.78, 5) is 26.6. The number of aromatic nitrogens is 2. The van der Waals surface area contributed by atoms with Crippen LogP contribution >= 0.6 is 11.8 Å². The molecule has 0 radical (unpaired) electrons. The molecule has 2 rings (SSSR count). The summed E-state index contributed by atoms with van der Waals surface area (Å²) in [6, 6.07) is 0. The molecule has 1 N–H and O–H groups in total. The Kier molecular flexibility index (Phi) is 5.96. The Morgan fingerprint density at radius 1 is 1.21 bits per heavy atom. The van der Waals surface area contributed by atoms with Gasteiger partial charge in [-0.1, -0.05) is 13.8 Å². The highest BCUT2D eigenvalue weighted by atomic mass is 32.2. The van der Waals surface area contributed by atoms with Crippen molar-refractivity contribution in [3.8, 4) is 0 Å². The normalized spacial score (nSPS) is 13.7. The average Bonchev–Trinajstić information content (AvgIpc) is 3.08. The maximum Gasteiger partial charge on any atom is 0.315 e. The molecule has 0 saturated heterocycles. The van der Waals surface area contributed by atoms with E-state index in [2.05, 4.69) is 10.4 Å². The molecule has 6 nitrogen and oxygen atoms in total. The zero-order valence-corrected chi connectivity index (χ0v) is 16.1. The van der Waals surface area contributed by atoms with Gasteiger partial charge in [0, 0.05) is 30.2 Å². The van der Waals surface area contributed by atoms with Crippen molar-refractivity contribution in [2.75, 3.05) is 18.4 Å². The summed E-state index contributed by atoms with van der Waals surface area (Å²) in [5, 5.41) is 7.50. The first-order valence-corrected chi connectivity index (χ1v) is 9.74. The number of hydrogen-bond donors (Lipinski definition) is 1. The van der Waals surface area contributed by atoms with Gasteiger partial charge in [-0.3, -0.25) is 9.59 Å². The third-order valence-corrected chi connectivity index (χ3v) is 4.86. The summed E-state index contributed by atoms with van der Waals surface area (Å²) in [5.74, 6) is 1.33. The molecule has 0 saturated carbocycles. The highest BCUT2D eigenvalue weighted by Gasteiger charge is 2.30. The minimum absolute atomic E-state index is 0.257. The van der Waals surface area contributed by atoms with E-state index in [1.165, 1.54) is 0 Å². The van der Waals surface area contributed by atoms with Crippen LogP contribution in [0.2, 0.25) is 0 Å². The average molecular weight is 353 g/mol. The fourth-order valence-corrected chi connectivity index (χ4v) is 3.82. The fourth-order valence-electron chi connectivity index (χ4n) is 2.79. The van der Waals surface area contributed by atoms with Gasteiger partial charge >= 0.3 is 11.8 Å². The first kappa shape index (κ1) is 18.8. The van der Waals surface area contributed by atoms with E-state index in [1.807, 2.05) is 39.3 Å². The molecule has 1 aromatic heterocycles. The van der Waals surface area contributed by atoms with Gasteiger partial charge in [-0.15, -0.1) is 0 Å². The van der Waals surface area contributed by atoms with Crippen LogP contribution in [0.4, 0.5) is 5.82 Å². The second-order valence-electron chi connectivity index (χ2n) is 7.10. The molecule has 24 heavy (non-hydrogen) atoms. The minimum Gasteiger partial charge on any atom is -0.334 e. The van der Waals surface area contributed by atoms with Crippen molar-refractivity contribution < 1.29 is 9.59 Å². The lowest BCUT2D eigenvalue weighted by atomic mass is 10.1. The minimum atomic E-state index is -0.568. The Bertz CT molecular complexity index is 613. The molecule has 7 heteroatoms. The topological polar surface area (TPSA) is 67.2 Å². The van der Waals surface area contributed by atoms with Crippen molar-refractivity contribution in [2.24, 2.45) is 0 Å². The van der Waals surface area contributed by atoms with Gasteiger partial charge in [0.25, 0.3) is 0 Å². The van der Waals surface area contributed by atoms with Crippen molar-refractivity contribution in [3.63, 3.8) is 0 Å². The van der Waals surface area contributed by atoms with Gasteiger partial charge in [-0.2, -0.15) is 16.9 Å². The smallest absolute Gasteiger partial charge is 0.315 e. The first-order valence-electron chi connectivity index (χ1n) is 8.58. The number of thioether (sulfide) groups is 1. The number of hydrogen-bond acceptors (Lipinski definition) is 4. The molecular formula is C17H28N4O2S. The van der Waals surface area contributed by atoms with Crippen LogP contribution < -0.4 is 5.32 Å². The second kappa shape index (κ2) is 7.59. The van der Waals surface area contributed by atoms with Gasteiger partial charge in [-0.05, 0) is 33.6 Å². The van der Waals surface area contributed by atoms with Crippen LogP contribution in [0.15, 0.2) is 0 Å². The molecule has 0 atom stereocenters. The number of nitrogens with zero attached hydrogens (tertiary/aromatic N) is 3. The number of fused-ring (bicyclic) bond motifs is 1. The molecule has 0 spiro atoms. The molecule has 1 aliphatic heterocycles. The Morgan fingerprint density at radius 3 is 2.38 bits per heavy atom. The molecule has 2 amide bonds. The maximum absolute atomic E-state index is 12.5. The summed E-state index contributed by atoms with van der Waals surface area (Å²) >= 11 is 1.78. The highest BCUT2D eigenvalue weighted by molar-refractivity contribution is 7.98. The van der Waals surface area contributed by atoms with E-state index in [1.54, 1.807) is 16.7 Å². The Hall–Kier alpha value is -1.50. The molecule has 0 fully saturated rings. The number of carbonyl (C=O) groups excluding carboxylic acids is 2. The van der Waals surface area contributed by atoms with E-state index in [9.17, 15) is 9.59 Å². The van der Waals surface area contributed by atoms with Gasteiger partial charge in [-0.25, -0.2) is 4.68 Å². The molecule has 0 aliphatic carbocycles. The molecule has 1 aromatic rings. The molecule has 2 heterocycles. The highest BCUT2D eigenvalue weighted by Crippen LogP contribution is 2.37. The van der Waals surface area contributed by atoms with E-state index in [0.29, 0.717) is 18.9 Å². The van der Waals surface area contributed by atoms with E-state index < -0.39 is 11.8 Å². The van der Waals surface area contributed by atoms with Crippen molar-refractivity contribution >= 4 is 29.4 Å². The second-order valence-corrected chi connectivity index (χ2v) is 8.08. The predicted octanol–water partition coefficient (Wildman–Crippen LogP) is 2.97. The van der Waals surface area contributed by atoms with Crippen LogP contribution in [-0.2, 0) is 26.6 Å². The number of rotatable bonds is 5. The monoisotopic (exact) mass is 352 g/mol. The van der Waals surface area contributed by atoms with Crippen LogP contribution in [0, 0.1) is 0 Å². The summed E-state index contributed by atoms with van der Waals surface area (Å²) in [6.07, 6.45) is 1.68. The van der Waals surface area contributed by atoms with Gasteiger partial charge in [0.05, 0.1) is 11.2 Å². The van der Waals surface area contributed by atoms with Crippen LogP contribution in [0.5, 0.6) is 0 Å². The predicted molar refractivity (Wildman–Crippen MR) is 98.0 cm³/mol. The van der Waals surface area contributed by atoms with Crippen LogP contribution in [-0.4, -0.2) is 39.6 Å². The Balaban J connectivity index is 2.24. The number of nitrogens with one attached hydrogen (secondary N) is 1. The fraction of sp³-hybridized carbons (Fsp3) is 0.706. The van der Waals surface area contributed by atoms with Gasteiger partial charge in [0.15, 0.2) is 0 Å². The van der Waals surface area contributed by atoms with Crippen LogP contribution in [0.25, 0.3) is 0 Å². The van der Waals surface area contributed by atoms with Crippen molar-refractivity contribution in [2.45, 2.75) is 64.5 Å². The Morgan fingerprint density at radius 2 is 1.83 bits per heavy atom.